The quantitative estimate of drug-likeness (QED) is 0.676. The number of amides is 1. The van der Waals surface area contributed by atoms with Crippen LogP contribution in [-0.2, 0) is 24.8 Å². The molecule has 1 aromatic heterocycles. The third-order valence-corrected chi connectivity index (χ3v) is 4.60. The minimum atomic E-state index is 0.102. The molecule has 0 fully saturated rings. The molecule has 26 heavy (non-hydrogen) atoms. The second-order valence-electron chi connectivity index (χ2n) is 6.82. The van der Waals surface area contributed by atoms with Gasteiger partial charge in [-0.3, -0.25) is 9.48 Å². The Labute approximate surface area is 154 Å². The fourth-order valence-corrected chi connectivity index (χ4v) is 3.25. The molecular weight excluding hydrogens is 328 g/mol. The topological polar surface area (TPSA) is 65.8 Å². The van der Waals surface area contributed by atoms with Crippen molar-refractivity contribution < 1.29 is 4.79 Å². The lowest BCUT2D eigenvalue weighted by Crippen LogP contribution is -2.34. The minimum absolute atomic E-state index is 0.102. The zero-order valence-corrected chi connectivity index (χ0v) is 16.1. The summed E-state index contributed by atoms with van der Waals surface area (Å²) in [5, 5.41) is 14.2. The van der Waals surface area contributed by atoms with Crippen LogP contribution in [0.1, 0.15) is 30.7 Å². The number of carbonyl (C=O) groups excluding carboxylic acids is 1. The maximum Gasteiger partial charge on any atom is 0.219 e. The second-order valence-corrected chi connectivity index (χ2v) is 6.82. The van der Waals surface area contributed by atoms with Gasteiger partial charge in [0.1, 0.15) is 0 Å². The van der Waals surface area contributed by atoms with Crippen molar-refractivity contribution in [3.05, 3.63) is 41.1 Å². The first kappa shape index (κ1) is 18.0. The van der Waals surface area contributed by atoms with Crippen LogP contribution in [0.5, 0.6) is 0 Å². The van der Waals surface area contributed by atoms with Crippen LogP contribution in [0.25, 0.3) is 0 Å². The first-order valence-corrected chi connectivity index (χ1v) is 8.75. The Morgan fingerprint density at radius 1 is 1.23 bits per heavy atom. The van der Waals surface area contributed by atoms with Gasteiger partial charge in [-0.1, -0.05) is 12.1 Å². The summed E-state index contributed by atoms with van der Waals surface area (Å²) >= 11 is 0. The maximum atomic E-state index is 11.7. The Hall–Kier alpha value is -2.83. The molecule has 0 bridgehead atoms. The van der Waals surface area contributed by atoms with Crippen molar-refractivity contribution in [2.24, 2.45) is 12.1 Å². The van der Waals surface area contributed by atoms with E-state index in [1.165, 1.54) is 5.69 Å². The first-order valence-electron chi connectivity index (χ1n) is 8.75. The zero-order valence-electron chi connectivity index (χ0n) is 16.1. The van der Waals surface area contributed by atoms with E-state index in [4.69, 9.17) is 0 Å². The standard InChI is InChI=1S/C19H26N6O/c1-13(21-23(3)4)15-6-8-16(9-7-15)20-19-17-12-25(14(2)26)11-10-18(17)24(5)22-19/h6-9H,10-12H2,1-5H3,(H,20,22)/b21-13+. The van der Waals surface area contributed by atoms with Gasteiger partial charge in [0.05, 0.1) is 12.3 Å². The summed E-state index contributed by atoms with van der Waals surface area (Å²) in [6.45, 7) is 4.97. The summed E-state index contributed by atoms with van der Waals surface area (Å²) in [5.41, 5.74) is 5.30. The van der Waals surface area contributed by atoms with Crippen LogP contribution in [0, 0.1) is 0 Å². The van der Waals surface area contributed by atoms with Crippen molar-refractivity contribution in [1.29, 1.82) is 0 Å². The van der Waals surface area contributed by atoms with Gasteiger partial charge in [0.2, 0.25) is 5.91 Å². The molecule has 0 atom stereocenters. The largest absolute Gasteiger partial charge is 0.338 e. The smallest absolute Gasteiger partial charge is 0.219 e. The lowest BCUT2D eigenvalue weighted by molar-refractivity contribution is -0.129. The predicted molar refractivity (Wildman–Crippen MR) is 104 cm³/mol. The molecule has 7 nitrogen and oxygen atoms in total. The number of nitrogens with one attached hydrogen (secondary N) is 1. The molecule has 2 aromatic rings. The molecule has 1 aliphatic rings. The predicted octanol–water partition coefficient (Wildman–Crippen LogP) is 2.35. The van der Waals surface area contributed by atoms with Gasteiger partial charge in [0, 0.05) is 58.0 Å². The van der Waals surface area contributed by atoms with Gasteiger partial charge in [0.15, 0.2) is 5.82 Å². The monoisotopic (exact) mass is 354 g/mol. The third kappa shape index (κ3) is 3.71. The number of benzene rings is 1. The summed E-state index contributed by atoms with van der Waals surface area (Å²) in [5.74, 6) is 0.922. The number of fused-ring (bicyclic) bond motifs is 1. The average Bonchev–Trinajstić information content (AvgIpc) is 2.90. The van der Waals surface area contributed by atoms with E-state index in [0.717, 1.165) is 41.3 Å². The van der Waals surface area contributed by atoms with Crippen LogP contribution in [0.2, 0.25) is 0 Å². The summed E-state index contributed by atoms with van der Waals surface area (Å²) in [4.78, 5) is 13.6. The van der Waals surface area contributed by atoms with Gasteiger partial charge in [0.25, 0.3) is 0 Å². The highest BCUT2D eigenvalue weighted by atomic mass is 16.2. The number of hydrogen-bond acceptors (Lipinski definition) is 5. The molecule has 0 aliphatic carbocycles. The highest BCUT2D eigenvalue weighted by Crippen LogP contribution is 2.28. The molecular formula is C19H26N6O. The molecule has 7 heteroatoms. The van der Waals surface area contributed by atoms with E-state index in [1.54, 1.807) is 11.9 Å². The SMILES string of the molecule is CC(=O)N1CCc2c(c(Nc3ccc(/C(C)=N/N(C)C)cc3)nn2C)C1. The van der Waals surface area contributed by atoms with Gasteiger partial charge in [-0.2, -0.15) is 10.2 Å². The lowest BCUT2D eigenvalue weighted by Gasteiger charge is -2.26. The Kier molecular flexibility index (Phi) is 4.97. The van der Waals surface area contributed by atoms with Crippen molar-refractivity contribution in [3.63, 3.8) is 0 Å². The molecule has 0 radical (unpaired) electrons. The van der Waals surface area contributed by atoms with E-state index >= 15 is 0 Å². The number of carbonyl (C=O) groups is 1. The normalized spacial score (nSPS) is 14.2. The Balaban J connectivity index is 1.81. The summed E-state index contributed by atoms with van der Waals surface area (Å²) in [6, 6.07) is 8.14. The van der Waals surface area contributed by atoms with Crippen LogP contribution in [-0.4, -0.2) is 51.9 Å². The van der Waals surface area contributed by atoms with Crippen LogP contribution in [0.3, 0.4) is 0 Å². The lowest BCUT2D eigenvalue weighted by atomic mass is 10.1. The number of anilines is 2. The van der Waals surface area contributed by atoms with Crippen molar-refractivity contribution in [1.82, 2.24) is 19.7 Å². The van der Waals surface area contributed by atoms with Crippen molar-refractivity contribution in [2.75, 3.05) is 26.0 Å². The van der Waals surface area contributed by atoms with E-state index in [-0.39, 0.29) is 5.91 Å². The van der Waals surface area contributed by atoms with E-state index in [1.807, 2.05) is 61.9 Å². The highest BCUT2D eigenvalue weighted by Gasteiger charge is 2.25. The third-order valence-electron chi connectivity index (χ3n) is 4.60. The fraction of sp³-hybridized carbons (Fsp3) is 0.421. The number of rotatable bonds is 4. The van der Waals surface area contributed by atoms with Gasteiger partial charge in [-0.05, 0) is 24.6 Å². The van der Waals surface area contributed by atoms with E-state index < -0.39 is 0 Å². The summed E-state index contributed by atoms with van der Waals surface area (Å²) in [6.07, 6.45) is 0.833. The molecule has 0 spiro atoms. The Morgan fingerprint density at radius 3 is 2.54 bits per heavy atom. The number of aryl methyl sites for hydroxylation is 1. The molecule has 0 saturated carbocycles. The first-order chi connectivity index (χ1) is 12.3. The van der Waals surface area contributed by atoms with Crippen molar-refractivity contribution in [2.45, 2.75) is 26.8 Å². The fourth-order valence-electron chi connectivity index (χ4n) is 3.25. The molecule has 1 amide bonds. The van der Waals surface area contributed by atoms with Gasteiger partial charge in [-0.15, -0.1) is 0 Å². The van der Waals surface area contributed by atoms with E-state index in [2.05, 4.69) is 15.5 Å². The van der Waals surface area contributed by atoms with Crippen molar-refractivity contribution >= 4 is 23.1 Å². The van der Waals surface area contributed by atoms with Crippen LogP contribution < -0.4 is 5.32 Å². The van der Waals surface area contributed by atoms with Crippen molar-refractivity contribution in [3.8, 4) is 0 Å². The number of hydrazone groups is 1. The molecule has 3 rings (SSSR count). The average molecular weight is 354 g/mol. The van der Waals surface area contributed by atoms with Crippen LogP contribution >= 0.6 is 0 Å². The summed E-state index contributed by atoms with van der Waals surface area (Å²) in [7, 11) is 5.78. The molecule has 0 unspecified atom stereocenters. The number of nitrogens with zero attached hydrogens (tertiary/aromatic N) is 5. The van der Waals surface area contributed by atoms with E-state index in [0.29, 0.717) is 6.54 Å². The molecule has 2 heterocycles. The number of aromatic nitrogens is 2. The van der Waals surface area contributed by atoms with Gasteiger partial charge in [-0.25, -0.2) is 0 Å². The Morgan fingerprint density at radius 2 is 1.92 bits per heavy atom. The minimum Gasteiger partial charge on any atom is -0.338 e. The van der Waals surface area contributed by atoms with E-state index in [9.17, 15) is 4.79 Å². The van der Waals surface area contributed by atoms with Crippen LogP contribution in [0.15, 0.2) is 29.4 Å². The molecule has 1 N–H and O–H groups in total. The van der Waals surface area contributed by atoms with Crippen LogP contribution in [0.4, 0.5) is 11.5 Å². The van der Waals surface area contributed by atoms with Gasteiger partial charge < -0.3 is 15.2 Å². The second kappa shape index (κ2) is 7.19. The highest BCUT2D eigenvalue weighted by molar-refractivity contribution is 5.98. The summed E-state index contributed by atoms with van der Waals surface area (Å²) < 4.78 is 1.91. The molecule has 138 valence electrons. The maximum absolute atomic E-state index is 11.7. The number of hydrogen-bond donors (Lipinski definition) is 1. The van der Waals surface area contributed by atoms with Gasteiger partial charge >= 0.3 is 0 Å². The Bertz CT molecular complexity index is 834. The molecule has 1 aromatic carbocycles. The molecule has 0 saturated heterocycles. The zero-order chi connectivity index (χ0) is 18.8. The molecule has 1 aliphatic heterocycles.